The van der Waals surface area contributed by atoms with Gasteiger partial charge in [-0.05, 0) is 38.3 Å². The largest absolute Gasteiger partial charge is 0.418 e. The molecule has 1 aromatic rings. The normalized spacial score (nSPS) is 25.0. The minimum Gasteiger partial charge on any atom is -0.385 e. The van der Waals surface area contributed by atoms with Crippen LogP contribution in [0.2, 0.25) is 0 Å². The first-order chi connectivity index (χ1) is 14.5. The second-order valence-electron chi connectivity index (χ2n) is 8.75. The molecular formula is C22H24F3N3O3. The third kappa shape index (κ3) is 4.03. The number of aliphatic imine (C=N–C) groups is 1. The van der Waals surface area contributed by atoms with Crippen LogP contribution in [0.4, 0.5) is 19.0 Å². The fraction of sp³-hybridized carbons (Fsp3) is 0.545. The second-order valence-corrected chi connectivity index (χ2v) is 8.75. The van der Waals surface area contributed by atoms with Gasteiger partial charge in [0.15, 0.2) is 5.78 Å². The molecule has 3 aliphatic rings. The van der Waals surface area contributed by atoms with Crippen molar-refractivity contribution < 1.29 is 27.9 Å². The van der Waals surface area contributed by atoms with Crippen LogP contribution in [0.25, 0.3) is 0 Å². The van der Waals surface area contributed by atoms with Crippen molar-refractivity contribution >= 4 is 23.1 Å². The van der Waals surface area contributed by atoms with Crippen LogP contribution in [0.3, 0.4) is 0 Å². The molecule has 1 N–H and O–H groups in total. The van der Waals surface area contributed by atoms with Crippen LogP contribution in [0.5, 0.6) is 0 Å². The summed E-state index contributed by atoms with van der Waals surface area (Å²) in [5.74, 6) is -0.185. The van der Waals surface area contributed by atoms with Crippen molar-refractivity contribution in [3.8, 4) is 0 Å². The number of pyridine rings is 1. The smallest absolute Gasteiger partial charge is 0.385 e. The number of Topliss-reactive ketones (excluding diaryl/α,β-unsaturated/α-hetero) is 2. The van der Waals surface area contributed by atoms with Crippen LogP contribution in [-0.4, -0.2) is 52.6 Å². The molecule has 0 saturated carbocycles. The summed E-state index contributed by atoms with van der Waals surface area (Å²) in [6.45, 7) is 4.30. The van der Waals surface area contributed by atoms with Crippen molar-refractivity contribution in [3.63, 3.8) is 0 Å². The Labute approximate surface area is 177 Å². The number of piperidine rings is 1. The van der Waals surface area contributed by atoms with Gasteiger partial charge < -0.3 is 10.0 Å². The minimum atomic E-state index is -4.64. The molecule has 1 saturated heterocycles. The first kappa shape index (κ1) is 21.7. The lowest BCUT2D eigenvalue weighted by Gasteiger charge is -2.37. The summed E-state index contributed by atoms with van der Waals surface area (Å²) in [5.41, 5.74) is -0.0455. The summed E-state index contributed by atoms with van der Waals surface area (Å²) in [6.07, 6.45) is -2.10. The Hall–Kier alpha value is -2.55. The highest BCUT2D eigenvalue weighted by Gasteiger charge is 2.43. The number of alkyl halides is 3. The maximum absolute atomic E-state index is 13.2. The van der Waals surface area contributed by atoms with Crippen molar-refractivity contribution in [2.45, 2.75) is 51.3 Å². The molecule has 1 unspecified atom stereocenters. The highest BCUT2D eigenvalue weighted by atomic mass is 19.4. The van der Waals surface area contributed by atoms with Crippen LogP contribution in [-0.2, 0) is 11.0 Å². The maximum Gasteiger partial charge on any atom is 0.418 e. The van der Waals surface area contributed by atoms with E-state index in [1.54, 1.807) is 6.92 Å². The average Bonchev–Trinajstić information content (AvgIpc) is 3.11. The molecule has 0 spiro atoms. The zero-order chi connectivity index (χ0) is 22.6. The van der Waals surface area contributed by atoms with E-state index in [4.69, 9.17) is 0 Å². The van der Waals surface area contributed by atoms with Crippen molar-refractivity contribution in [3.05, 3.63) is 34.5 Å². The second kappa shape index (κ2) is 7.55. The van der Waals surface area contributed by atoms with Gasteiger partial charge in [0.25, 0.3) is 0 Å². The van der Waals surface area contributed by atoms with Gasteiger partial charge in [-0.1, -0.05) is 0 Å². The number of hydrogen-bond acceptors (Lipinski definition) is 6. The molecule has 2 aliphatic heterocycles. The van der Waals surface area contributed by atoms with Gasteiger partial charge in [0, 0.05) is 54.9 Å². The van der Waals surface area contributed by atoms with Gasteiger partial charge in [-0.15, -0.1) is 0 Å². The molecule has 31 heavy (non-hydrogen) atoms. The number of rotatable bonds is 3. The summed E-state index contributed by atoms with van der Waals surface area (Å²) < 4.78 is 39.5. The van der Waals surface area contributed by atoms with E-state index in [1.165, 1.54) is 6.07 Å². The summed E-state index contributed by atoms with van der Waals surface area (Å²) in [4.78, 5) is 34.2. The molecule has 9 heteroatoms. The predicted octanol–water partition coefficient (Wildman–Crippen LogP) is 3.38. The van der Waals surface area contributed by atoms with E-state index >= 15 is 0 Å². The van der Waals surface area contributed by atoms with E-state index < -0.39 is 23.1 Å². The fourth-order valence-corrected chi connectivity index (χ4v) is 4.94. The zero-order valence-electron chi connectivity index (χ0n) is 17.4. The van der Waals surface area contributed by atoms with Crippen molar-refractivity contribution in [2.75, 3.05) is 24.5 Å². The molecule has 1 aliphatic carbocycles. The van der Waals surface area contributed by atoms with Gasteiger partial charge in [0.1, 0.15) is 11.6 Å². The number of ketones is 2. The van der Waals surface area contributed by atoms with Crippen LogP contribution < -0.4 is 4.90 Å². The standard InChI is InChI=1S/C22H24F3N3O3/c1-12(29)16-8-18(26-11-17(16)22(23,24)25)28-5-3-13(4-6-28)20-19-14(10-27-20)7-15(30)9-21(19,2)31/h8,11,13,31H,3-7,9-10H2,1-2H3. The SMILES string of the molecule is CC(=O)c1cc(N2CCC(C3=NCC4=C3C(C)(O)CC(=O)C4)CC2)ncc1C(F)(F)F. The Kier molecular flexibility index (Phi) is 5.28. The van der Waals surface area contributed by atoms with Crippen LogP contribution >= 0.6 is 0 Å². The molecule has 0 radical (unpaired) electrons. The number of carbonyl (C=O) groups is 2. The summed E-state index contributed by atoms with van der Waals surface area (Å²) in [6, 6.07) is 1.22. The Balaban J connectivity index is 1.51. The first-order valence-electron chi connectivity index (χ1n) is 10.3. The zero-order valence-corrected chi connectivity index (χ0v) is 17.4. The third-order valence-electron chi connectivity index (χ3n) is 6.32. The number of halogens is 3. The molecule has 1 fully saturated rings. The molecular weight excluding hydrogens is 411 g/mol. The molecule has 0 amide bonds. The Morgan fingerprint density at radius 2 is 1.97 bits per heavy atom. The first-order valence-corrected chi connectivity index (χ1v) is 10.3. The molecule has 166 valence electrons. The fourth-order valence-electron chi connectivity index (χ4n) is 4.94. The van der Waals surface area contributed by atoms with E-state index in [-0.39, 0.29) is 23.7 Å². The summed E-state index contributed by atoms with van der Waals surface area (Å²) in [5, 5.41) is 10.8. The number of hydrogen-bond donors (Lipinski definition) is 1. The van der Waals surface area contributed by atoms with Crippen molar-refractivity contribution in [2.24, 2.45) is 10.9 Å². The van der Waals surface area contributed by atoms with E-state index in [9.17, 15) is 27.9 Å². The Morgan fingerprint density at radius 1 is 1.29 bits per heavy atom. The molecule has 3 heterocycles. The molecule has 6 nitrogen and oxygen atoms in total. The average molecular weight is 435 g/mol. The number of carbonyl (C=O) groups excluding carboxylic acids is 2. The van der Waals surface area contributed by atoms with E-state index in [2.05, 4.69) is 9.98 Å². The van der Waals surface area contributed by atoms with Crippen LogP contribution in [0.1, 0.15) is 55.5 Å². The summed E-state index contributed by atoms with van der Waals surface area (Å²) >= 11 is 0. The summed E-state index contributed by atoms with van der Waals surface area (Å²) in [7, 11) is 0. The molecule has 1 aromatic heterocycles. The van der Waals surface area contributed by atoms with Gasteiger partial charge in [-0.25, -0.2) is 4.98 Å². The molecule has 0 aromatic carbocycles. The molecule has 0 bridgehead atoms. The van der Waals surface area contributed by atoms with Gasteiger partial charge in [0.2, 0.25) is 0 Å². The lowest BCUT2D eigenvalue weighted by atomic mass is 9.74. The number of anilines is 1. The lowest BCUT2D eigenvalue weighted by Crippen LogP contribution is -2.42. The quantitative estimate of drug-likeness (QED) is 0.736. The highest BCUT2D eigenvalue weighted by molar-refractivity contribution is 6.08. The van der Waals surface area contributed by atoms with Gasteiger partial charge in [-0.2, -0.15) is 13.2 Å². The third-order valence-corrected chi connectivity index (χ3v) is 6.32. The van der Waals surface area contributed by atoms with Crippen LogP contribution in [0.15, 0.2) is 28.4 Å². The monoisotopic (exact) mass is 435 g/mol. The predicted molar refractivity (Wildman–Crippen MR) is 108 cm³/mol. The number of aromatic nitrogens is 1. The van der Waals surface area contributed by atoms with E-state index in [0.29, 0.717) is 44.7 Å². The van der Waals surface area contributed by atoms with E-state index in [0.717, 1.165) is 30.0 Å². The molecule has 4 rings (SSSR count). The minimum absolute atomic E-state index is 0.0182. The van der Waals surface area contributed by atoms with Crippen LogP contribution in [0, 0.1) is 5.92 Å². The maximum atomic E-state index is 13.2. The number of aliphatic hydroxyl groups is 1. The Bertz CT molecular complexity index is 1000. The highest BCUT2D eigenvalue weighted by Crippen LogP contribution is 2.40. The topological polar surface area (TPSA) is 82.9 Å². The van der Waals surface area contributed by atoms with E-state index in [1.807, 2.05) is 4.90 Å². The van der Waals surface area contributed by atoms with Gasteiger partial charge in [0.05, 0.1) is 17.7 Å². The Morgan fingerprint density at radius 3 is 2.58 bits per heavy atom. The van der Waals surface area contributed by atoms with Gasteiger partial charge >= 0.3 is 6.18 Å². The lowest BCUT2D eigenvalue weighted by molar-refractivity contribution is -0.138. The molecule has 1 atom stereocenters. The van der Waals surface area contributed by atoms with Gasteiger partial charge in [-0.3, -0.25) is 14.6 Å². The van der Waals surface area contributed by atoms with Crippen molar-refractivity contribution in [1.29, 1.82) is 0 Å². The number of nitrogens with zero attached hydrogens (tertiary/aromatic N) is 3. The van der Waals surface area contributed by atoms with Crippen molar-refractivity contribution in [1.82, 2.24) is 4.98 Å².